The molecule has 2 atom stereocenters. The Hall–Kier alpha value is -2.76. The van der Waals surface area contributed by atoms with E-state index in [-0.39, 0.29) is 18.8 Å². The number of hydrogen-bond acceptors (Lipinski definition) is 7. The molecule has 0 bridgehead atoms. The van der Waals surface area contributed by atoms with E-state index in [2.05, 4.69) is 20.2 Å². The molecular formula is C29H40ClF2N7O2. The molecule has 2 N–H and O–H groups in total. The highest BCUT2D eigenvalue weighted by Gasteiger charge is 2.47. The maximum absolute atomic E-state index is 14.4. The zero-order chi connectivity index (χ0) is 29.5. The Bertz CT molecular complexity index is 1430. The van der Waals surface area contributed by atoms with Crippen LogP contribution in [0.1, 0.15) is 47.0 Å². The normalized spacial score (nSPS) is 21.6. The number of halogens is 3. The van der Waals surface area contributed by atoms with Crippen LogP contribution in [0.3, 0.4) is 0 Å². The number of imidazole rings is 1. The molecule has 4 heterocycles. The van der Waals surface area contributed by atoms with Crippen LogP contribution >= 0.6 is 11.6 Å². The zero-order valence-electron chi connectivity index (χ0n) is 24.2. The summed E-state index contributed by atoms with van der Waals surface area (Å²) in [5, 5.41) is 13.9. The van der Waals surface area contributed by atoms with Crippen LogP contribution in [0.15, 0.2) is 29.2 Å². The number of nitrogens with zero attached hydrogens (tertiary/aromatic N) is 6. The molecule has 0 unspecified atom stereocenters. The second kappa shape index (κ2) is 11.5. The van der Waals surface area contributed by atoms with Crippen molar-refractivity contribution in [3.63, 3.8) is 0 Å². The van der Waals surface area contributed by atoms with Crippen molar-refractivity contribution in [2.24, 2.45) is 11.8 Å². The fourth-order valence-corrected chi connectivity index (χ4v) is 5.96. The average molecular weight is 592 g/mol. The van der Waals surface area contributed by atoms with Gasteiger partial charge in [0.25, 0.3) is 5.92 Å². The first-order valence-electron chi connectivity index (χ1n) is 14.4. The van der Waals surface area contributed by atoms with Gasteiger partial charge in [0.15, 0.2) is 5.82 Å². The van der Waals surface area contributed by atoms with E-state index in [1.54, 1.807) is 37.2 Å². The number of nitrogens with one attached hydrogen (secondary N) is 1. The first kappa shape index (κ1) is 29.7. The first-order valence-corrected chi connectivity index (χ1v) is 14.8. The highest BCUT2D eigenvalue weighted by molar-refractivity contribution is 6.32. The summed E-state index contributed by atoms with van der Waals surface area (Å²) in [5.41, 5.74) is 1.22. The van der Waals surface area contributed by atoms with Crippen LogP contribution in [0.4, 0.5) is 26.2 Å². The molecule has 12 heteroatoms. The monoisotopic (exact) mass is 591 g/mol. The van der Waals surface area contributed by atoms with Crippen molar-refractivity contribution >= 4 is 40.1 Å². The highest BCUT2D eigenvalue weighted by Crippen LogP contribution is 2.39. The summed E-state index contributed by atoms with van der Waals surface area (Å²) in [7, 11) is 0. The first-order chi connectivity index (χ1) is 19.3. The molecule has 0 spiro atoms. The van der Waals surface area contributed by atoms with E-state index in [9.17, 15) is 18.7 Å². The van der Waals surface area contributed by atoms with Gasteiger partial charge in [-0.25, -0.2) is 18.6 Å². The number of alkyl halides is 2. The van der Waals surface area contributed by atoms with Gasteiger partial charge in [0.2, 0.25) is 5.95 Å². The minimum atomic E-state index is -2.74. The largest absolute Gasteiger partial charge is 0.390 e. The van der Waals surface area contributed by atoms with Crippen molar-refractivity contribution in [3.8, 4) is 0 Å². The number of hydrogen-bond donors (Lipinski definition) is 2. The topological polar surface area (TPSA) is 91.5 Å². The zero-order valence-corrected chi connectivity index (χ0v) is 25.0. The third-order valence-electron chi connectivity index (χ3n) is 8.38. The van der Waals surface area contributed by atoms with E-state index in [1.165, 1.54) is 19.0 Å². The van der Waals surface area contributed by atoms with Crippen molar-refractivity contribution in [1.29, 1.82) is 0 Å². The maximum atomic E-state index is 14.4. The molecule has 0 amide bonds. The average Bonchev–Trinajstić information content (AvgIpc) is 3.51. The standard InChI is InChI=1S/C29H40ClF2N7O2/c1-19-17-37(18-20(2)29(19,31)32)26-33-16-22(30)25(35-26)34-21-7-8-23-24(15-21)38(12-9-28(3,4)41)27(40)39(23)14-13-36-10-5-6-11-36/h7-8,15-16,19-20,41H,5-6,9-14,17-18H2,1-4H3,(H,33,34,35)/t19-,20+. The molecule has 1 aromatic carbocycles. The molecule has 9 nitrogen and oxygen atoms in total. The summed E-state index contributed by atoms with van der Waals surface area (Å²) in [4.78, 5) is 26.6. The van der Waals surface area contributed by atoms with Crippen molar-refractivity contribution in [2.45, 2.75) is 71.6 Å². The molecule has 0 saturated carbocycles. The molecule has 0 aliphatic carbocycles. The van der Waals surface area contributed by atoms with E-state index in [0.717, 1.165) is 30.7 Å². The third kappa shape index (κ3) is 6.36. The van der Waals surface area contributed by atoms with Crippen molar-refractivity contribution in [3.05, 3.63) is 39.9 Å². The smallest absolute Gasteiger partial charge is 0.329 e. The van der Waals surface area contributed by atoms with Gasteiger partial charge in [-0.1, -0.05) is 25.4 Å². The number of aliphatic hydroxyl groups is 1. The number of aromatic nitrogens is 4. The highest BCUT2D eigenvalue weighted by atomic mass is 35.5. The minimum Gasteiger partial charge on any atom is -0.390 e. The Morgan fingerprint density at radius 2 is 1.73 bits per heavy atom. The number of piperidine rings is 1. The Morgan fingerprint density at radius 1 is 1.07 bits per heavy atom. The molecule has 224 valence electrons. The van der Waals surface area contributed by atoms with Gasteiger partial charge < -0.3 is 20.2 Å². The lowest BCUT2D eigenvalue weighted by molar-refractivity contribution is -0.105. The van der Waals surface area contributed by atoms with Crippen molar-refractivity contribution in [2.75, 3.05) is 42.9 Å². The lowest BCUT2D eigenvalue weighted by Crippen LogP contribution is -2.52. The molecule has 5 rings (SSSR count). The molecule has 2 aliphatic heterocycles. The quantitative estimate of drug-likeness (QED) is 0.363. The van der Waals surface area contributed by atoms with Gasteiger partial charge >= 0.3 is 5.69 Å². The van der Waals surface area contributed by atoms with Crippen LogP contribution in [-0.2, 0) is 13.1 Å². The molecule has 2 aromatic heterocycles. The van der Waals surface area contributed by atoms with Gasteiger partial charge in [-0.15, -0.1) is 0 Å². The number of benzene rings is 1. The van der Waals surface area contributed by atoms with E-state index < -0.39 is 23.4 Å². The minimum absolute atomic E-state index is 0.104. The molecular weight excluding hydrogens is 552 g/mol. The summed E-state index contributed by atoms with van der Waals surface area (Å²) in [5.74, 6) is -3.72. The lowest BCUT2D eigenvalue weighted by atomic mass is 9.87. The molecule has 3 aromatic rings. The summed E-state index contributed by atoms with van der Waals surface area (Å²) in [6.45, 7) is 10.7. The van der Waals surface area contributed by atoms with Gasteiger partial charge in [0, 0.05) is 50.2 Å². The van der Waals surface area contributed by atoms with Gasteiger partial charge in [-0.3, -0.25) is 9.13 Å². The van der Waals surface area contributed by atoms with Gasteiger partial charge in [-0.2, -0.15) is 4.98 Å². The van der Waals surface area contributed by atoms with Crippen molar-refractivity contribution in [1.82, 2.24) is 24.0 Å². The summed E-state index contributed by atoms with van der Waals surface area (Å²) < 4.78 is 32.3. The van der Waals surface area contributed by atoms with Crippen LogP contribution in [0.2, 0.25) is 5.02 Å². The second-order valence-corrected chi connectivity index (χ2v) is 12.7. The number of rotatable bonds is 9. The predicted molar refractivity (Wildman–Crippen MR) is 159 cm³/mol. The third-order valence-corrected chi connectivity index (χ3v) is 8.66. The predicted octanol–water partition coefficient (Wildman–Crippen LogP) is 4.97. The number of aryl methyl sites for hydroxylation is 1. The molecule has 41 heavy (non-hydrogen) atoms. The number of fused-ring (bicyclic) bond motifs is 1. The summed E-state index contributed by atoms with van der Waals surface area (Å²) >= 11 is 6.45. The SMILES string of the molecule is C[C@@H]1CN(c2ncc(Cl)c(Nc3ccc4c(c3)n(CCC(C)(C)O)c(=O)n4CCN3CCCC3)n2)C[C@H](C)C1(F)F. The fraction of sp³-hybridized carbons (Fsp3) is 0.621. The molecule has 2 saturated heterocycles. The Balaban J connectivity index is 1.44. The van der Waals surface area contributed by atoms with Crippen molar-refractivity contribution < 1.29 is 13.9 Å². The van der Waals surface area contributed by atoms with Gasteiger partial charge in [-0.05, 0) is 64.4 Å². The van der Waals surface area contributed by atoms with Gasteiger partial charge in [0.05, 0.1) is 22.8 Å². The number of likely N-dealkylation sites (tertiary alicyclic amines) is 1. The van der Waals surface area contributed by atoms with Gasteiger partial charge in [0.1, 0.15) is 5.02 Å². The van der Waals surface area contributed by atoms with E-state index in [4.69, 9.17) is 11.6 Å². The second-order valence-electron chi connectivity index (χ2n) is 12.3. The van der Waals surface area contributed by atoms with E-state index in [1.807, 2.05) is 22.8 Å². The summed E-state index contributed by atoms with van der Waals surface area (Å²) in [6, 6.07) is 5.67. The maximum Gasteiger partial charge on any atom is 0.329 e. The summed E-state index contributed by atoms with van der Waals surface area (Å²) in [6.07, 6.45) is 4.27. The molecule has 2 fully saturated rings. The lowest BCUT2D eigenvalue weighted by Gasteiger charge is -2.41. The van der Waals surface area contributed by atoms with Crippen LogP contribution in [-0.4, -0.2) is 73.4 Å². The Morgan fingerprint density at radius 3 is 2.39 bits per heavy atom. The number of anilines is 3. The van der Waals surface area contributed by atoms with Crippen LogP contribution in [0, 0.1) is 11.8 Å². The van der Waals surface area contributed by atoms with Crippen LogP contribution < -0.4 is 15.9 Å². The van der Waals surface area contributed by atoms with E-state index in [0.29, 0.717) is 42.0 Å². The fourth-order valence-electron chi connectivity index (χ4n) is 5.83. The van der Waals surface area contributed by atoms with Crippen LogP contribution in [0.25, 0.3) is 11.0 Å². The molecule has 0 radical (unpaired) electrons. The molecule has 2 aliphatic rings. The van der Waals surface area contributed by atoms with Crippen LogP contribution in [0.5, 0.6) is 0 Å². The Kier molecular flexibility index (Phi) is 8.33. The van der Waals surface area contributed by atoms with E-state index >= 15 is 0 Å². The Labute approximate surface area is 244 Å².